The number of benzene rings is 2. The molecule has 0 radical (unpaired) electrons. The number of aromatic nitrogens is 1. The zero-order valence-corrected chi connectivity index (χ0v) is 15.5. The van der Waals surface area contributed by atoms with Gasteiger partial charge in [0.1, 0.15) is 5.69 Å². The Balaban J connectivity index is 1.79. The molecule has 2 aromatic carbocycles. The van der Waals surface area contributed by atoms with Crippen molar-refractivity contribution in [3.63, 3.8) is 0 Å². The maximum atomic E-state index is 12.9. The fourth-order valence-electron chi connectivity index (χ4n) is 2.86. The van der Waals surface area contributed by atoms with Gasteiger partial charge in [-0.15, -0.1) is 0 Å². The lowest BCUT2D eigenvalue weighted by atomic mass is 10.1. The van der Waals surface area contributed by atoms with Crippen LogP contribution in [0.1, 0.15) is 35.5 Å². The van der Waals surface area contributed by atoms with Crippen molar-refractivity contribution >= 4 is 5.91 Å². The first-order valence-electron chi connectivity index (χ1n) is 8.90. The van der Waals surface area contributed by atoms with Crippen LogP contribution in [0.5, 0.6) is 0 Å². The molecule has 1 aromatic heterocycles. The number of aryl methyl sites for hydroxylation is 1. The molecule has 0 aliphatic heterocycles. The predicted molar refractivity (Wildman–Crippen MR) is 103 cm³/mol. The van der Waals surface area contributed by atoms with Crippen molar-refractivity contribution in [1.82, 2.24) is 10.1 Å². The summed E-state index contributed by atoms with van der Waals surface area (Å²) in [6, 6.07) is 19.4. The van der Waals surface area contributed by atoms with Gasteiger partial charge in [-0.1, -0.05) is 67.0 Å². The molecule has 0 aliphatic carbocycles. The summed E-state index contributed by atoms with van der Waals surface area (Å²) < 4.78 is 5.47. The summed E-state index contributed by atoms with van der Waals surface area (Å²) in [5.41, 5.74) is 3.57. The number of hydrogen-bond donors (Lipinski definition) is 0. The van der Waals surface area contributed by atoms with Crippen LogP contribution in [0.3, 0.4) is 0 Å². The number of carbonyl (C=O) groups is 1. The van der Waals surface area contributed by atoms with E-state index in [0.29, 0.717) is 30.3 Å². The first kappa shape index (κ1) is 17.9. The summed E-state index contributed by atoms with van der Waals surface area (Å²) in [6.45, 7) is 7.32. The Labute approximate surface area is 154 Å². The maximum absolute atomic E-state index is 12.9. The third kappa shape index (κ3) is 4.39. The van der Waals surface area contributed by atoms with Gasteiger partial charge in [0, 0.05) is 23.7 Å². The molecule has 3 aromatic rings. The predicted octanol–water partition coefficient (Wildman–Crippen LogP) is 4.95. The van der Waals surface area contributed by atoms with Crippen molar-refractivity contribution in [3.05, 3.63) is 77.5 Å². The molecule has 0 saturated carbocycles. The molecule has 4 heteroatoms. The average Bonchev–Trinajstić information content (AvgIpc) is 3.10. The lowest BCUT2D eigenvalue weighted by molar-refractivity contribution is 0.0719. The second-order valence-electron chi connectivity index (χ2n) is 6.99. The van der Waals surface area contributed by atoms with Crippen molar-refractivity contribution < 1.29 is 9.32 Å². The minimum absolute atomic E-state index is 0.0166. The van der Waals surface area contributed by atoms with Crippen molar-refractivity contribution in [1.29, 1.82) is 0 Å². The standard InChI is InChI=1S/C22H24N2O2/c1-16(2)14-24(22(25)19-11-9-17(3)10-12-19)15-20-13-21(26-23-20)18-7-5-4-6-8-18/h4-13,16H,14-15H2,1-3H3. The Bertz CT molecular complexity index is 851. The highest BCUT2D eigenvalue weighted by molar-refractivity contribution is 5.94. The van der Waals surface area contributed by atoms with Crippen LogP contribution in [-0.2, 0) is 6.54 Å². The summed E-state index contributed by atoms with van der Waals surface area (Å²) in [6.07, 6.45) is 0. The molecule has 0 aliphatic rings. The van der Waals surface area contributed by atoms with Gasteiger partial charge in [-0.05, 0) is 25.0 Å². The van der Waals surface area contributed by atoms with E-state index < -0.39 is 0 Å². The smallest absolute Gasteiger partial charge is 0.254 e. The quantitative estimate of drug-likeness (QED) is 0.633. The fraction of sp³-hybridized carbons (Fsp3) is 0.273. The van der Waals surface area contributed by atoms with Crippen molar-refractivity contribution in [3.8, 4) is 11.3 Å². The van der Waals surface area contributed by atoms with E-state index in [1.165, 1.54) is 0 Å². The van der Waals surface area contributed by atoms with Crippen LogP contribution in [-0.4, -0.2) is 22.5 Å². The molecule has 0 N–H and O–H groups in total. The van der Waals surface area contributed by atoms with Gasteiger partial charge in [-0.2, -0.15) is 0 Å². The molecular formula is C22H24N2O2. The SMILES string of the molecule is Cc1ccc(C(=O)N(Cc2cc(-c3ccccc3)on2)CC(C)C)cc1. The van der Waals surface area contributed by atoms with Gasteiger partial charge in [-0.3, -0.25) is 4.79 Å². The summed E-state index contributed by atoms with van der Waals surface area (Å²) in [5, 5.41) is 4.16. The number of nitrogens with zero attached hydrogens (tertiary/aromatic N) is 2. The zero-order chi connectivity index (χ0) is 18.5. The van der Waals surface area contributed by atoms with Crippen molar-refractivity contribution in [2.24, 2.45) is 5.92 Å². The largest absolute Gasteiger partial charge is 0.356 e. The van der Waals surface area contributed by atoms with Crippen LogP contribution in [0, 0.1) is 12.8 Å². The Morgan fingerprint density at radius 3 is 2.42 bits per heavy atom. The second kappa shape index (κ2) is 8.00. The normalized spacial score (nSPS) is 10.9. The molecular weight excluding hydrogens is 324 g/mol. The monoisotopic (exact) mass is 348 g/mol. The fourth-order valence-corrected chi connectivity index (χ4v) is 2.86. The summed E-state index contributed by atoms with van der Waals surface area (Å²) in [7, 11) is 0. The van der Waals surface area contributed by atoms with E-state index in [1.807, 2.05) is 72.5 Å². The first-order chi connectivity index (χ1) is 12.5. The molecule has 1 heterocycles. The summed E-state index contributed by atoms with van der Waals surface area (Å²) in [4.78, 5) is 14.8. The molecule has 0 atom stereocenters. The van der Waals surface area contributed by atoms with Gasteiger partial charge in [0.2, 0.25) is 0 Å². The third-order valence-electron chi connectivity index (χ3n) is 4.14. The maximum Gasteiger partial charge on any atom is 0.254 e. The van der Waals surface area contributed by atoms with Gasteiger partial charge < -0.3 is 9.42 Å². The van der Waals surface area contributed by atoms with E-state index in [-0.39, 0.29) is 5.91 Å². The van der Waals surface area contributed by atoms with Crippen LogP contribution in [0.2, 0.25) is 0 Å². The Hall–Kier alpha value is -2.88. The lowest BCUT2D eigenvalue weighted by Gasteiger charge is -2.23. The molecule has 26 heavy (non-hydrogen) atoms. The molecule has 1 amide bonds. The molecule has 0 bridgehead atoms. The van der Waals surface area contributed by atoms with Gasteiger partial charge in [0.15, 0.2) is 5.76 Å². The molecule has 0 fully saturated rings. The van der Waals surface area contributed by atoms with Crippen LogP contribution in [0.4, 0.5) is 0 Å². The Kier molecular flexibility index (Phi) is 5.52. The lowest BCUT2D eigenvalue weighted by Crippen LogP contribution is -2.33. The molecule has 0 spiro atoms. The van der Waals surface area contributed by atoms with E-state index in [9.17, 15) is 4.79 Å². The van der Waals surface area contributed by atoms with Crippen molar-refractivity contribution in [2.45, 2.75) is 27.3 Å². The third-order valence-corrected chi connectivity index (χ3v) is 4.14. The van der Waals surface area contributed by atoms with Crippen LogP contribution >= 0.6 is 0 Å². The first-order valence-corrected chi connectivity index (χ1v) is 8.90. The zero-order valence-electron chi connectivity index (χ0n) is 15.5. The van der Waals surface area contributed by atoms with E-state index in [1.54, 1.807) is 0 Å². The van der Waals surface area contributed by atoms with E-state index in [0.717, 1.165) is 16.8 Å². The number of rotatable bonds is 6. The molecule has 0 saturated heterocycles. The molecule has 0 unspecified atom stereocenters. The topological polar surface area (TPSA) is 46.3 Å². The van der Waals surface area contributed by atoms with Crippen LogP contribution in [0.15, 0.2) is 65.2 Å². The summed E-state index contributed by atoms with van der Waals surface area (Å²) >= 11 is 0. The Morgan fingerprint density at radius 1 is 1.08 bits per heavy atom. The number of carbonyl (C=O) groups excluding carboxylic acids is 1. The van der Waals surface area contributed by atoms with Gasteiger partial charge in [0.05, 0.1) is 6.54 Å². The molecule has 3 rings (SSSR count). The average molecular weight is 348 g/mol. The highest BCUT2D eigenvalue weighted by atomic mass is 16.5. The highest BCUT2D eigenvalue weighted by Crippen LogP contribution is 2.21. The summed E-state index contributed by atoms with van der Waals surface area (Å²) in [5.74, 6) is 1.10. The van der Waals surface area contributed by atoms with Crippen LogP contribution < -0.4 is 0 Å². The molecule has 134 valence electrons. The van der Waals surface area contributed by atoms with Crippen LogP contribution in [0.25, 0.3) is 11.3 Å². The number of amides is 1. The second-order valence-corrected chi connectivity index (χ2v) is 6.99. The van der Waals surface area contributed by atoms with E-state index in [4.69, 9.17) is 4.52 Å². The minimum atomic E-state index is 0.0166. The van der Waals surface area contributed by atoms with Crippen molar-refractivity contribution in [2.75, 3.05) is 6.54 Å². The number of hydrogen-bond acceptors (Lipinski definition) is 3. The van der Waals surface area contributed by atoms with Gasteiger partial charge in [0.25, 0.3) is 5.91 Å². The Morgan fingerprint density at radius 2 is 1.77 bits per heavy atom. The highest BCUT2D eigenvalue weighted by Gasteiger charge is 2.19. The molecule has 4 nitrogen and oxygen atoms in total. The van der Waals surface area contributed by atoms with E-state index in [2.05, 4.69) is 19.0 Å². The van der Waals surface area contributed by atoms with Gasteiger partial charge >= 0.3 is 0 Å². The minimum Gasteiger partial charge on any atom is -0.356 e. The van der Waals surface area contributed by atoms with E-state index >= 15 is 0 Å². The van der Waals surface area contributed by atoms with Gasteiger partial charge in [-0.25, -0.2) is 0 Å².